The van der Waals surface area contributed by atoms with Crippen molar-refractivity contribution >= 4 is 9.84 Å². The first-order valence-corrected chi connectivity index (χ1v) is 8.64. The first-order chi connectivity index (χ1) is 10.6. The standard InChI is InChI=1S/C16H15N3O2S/c20-22(21,12-14-7-3-1-4-8-14)13-19-11-16(17-18-19)15-9-5-2-6-10-15/h1-11H,12-13H2. The summed E-state index contributed by atoms with van der Waals surface area (Å²) in [6.07, 6.45) is 1.65. The van der Waals surface area contributed by atoms with E-state index in [1.165, 1.54) is 4.68 Å². The van der Waals surface area contributed by atoms with E-state index < -0.39 is 9.84 Å². The zero-order valence-electron chi connectivity index (χ0n) is 11.8. The maximum absolute atomic E-state index is 12.2. The minimum atomic E-state index is -3.30. The van der Waals surface area contributed by atoms with Gasteiger partial charge in [-0.05, 0) is 5.56 Å². The van der Waals surface area contributed by atoms with Crippen molar-refractivity contribution in [1.82, 2.24) is 15.0 Å². The SMILES string of the molecule is O=S(=O)(Cc1ccccc1)Cn1cc(-c2ccccc2)nn1. The van der Waals surface area contributed by atoms with Crippen molar-refractivity contribution in [2.45, 2.75) is 11.6 Å². The number of sulfone groups is 1. The Bertz CT molecular complexity index is 843. The zero-order chi connectivity index (χ0) is 15.4. The highest BCUT2D eigenvalue weighted by atomic mass is 32.2. The number of aromatic nitrogens is 3. The van der Waals surface area contributed by atoms with Crippen molar-refractivity contribution in [3.05, 3.63) is 72.4 Å². The predicted molar refractivity (Wildman–Crippen MR) is 84.5 cm³/mol. The number of benzene rings is 2. The summed E-state index contributed by atoms with van der Waals surface area (Å²) in [5.74, 6) is -0.184. The average molecular weight is 313 g/mol. The molecule has 0 N–H and O–H groups in total. The maximum Gasteiger partial charge on any atom is 0.174 e. The summed E-state index contributed by atoms with van der Waals surface area (Å²) in [4.78, 5) is 0. The van der Waals surface area contributed by atoms with Gasteiger partial charge in [0.1, 0.15) is 11.6 Å². The van der Waals surface area contributed by atoms with Crippen LogP contribution in [-0.4, -0.2) is 23.4 Å². The smallest absolute Gasteiger partial charge is 0.174 e. The molecule has 3 aromatic rings. The first kappa shape index (κ1) is 14.5. The fraction of sp³-hybridized carbons (Fsp3) is 0.125. The summed E-state index contributed by atoms with van der Waals surface area (Å²) < 4.78 is 25.8. The molecule has 5 nitrogen and oxygen atoms in total. The summed E-state index contributed by atoms with van der Waals surface area (Å²) in [5.41, 5.74) is 2.34. The van der Waals surface area contributed by atoms with Crippen molar-refractivity contribution in [1.29, 1.82) is 0 Å². The molecule has 0 aliphatic rings. The van der Waals surface area contributed by atoms with Crippen molar-refractivity contribution in [2.75, 3.05) is 0 Å². The molecule has 1 aromatic heterocycles. The van der Waals surface area contributed by atoms with Crippen molar-refractivity contribution < 1.29 is 8.42 Å². The summed E-state index contributed by atoms with van der Waals surface area (Å²) in [6, 6.07) is 18.7. The monoisotopic (exact) mass is 313 g/mol. The van der Waals surface area contributed by atoms with Gasteiger partial charge in [-0.3, -0.25) is 0 Å². The number of hydrogen-bond donors (Lipinski definition) is 0. The Morgan fingerprint density at radius 2 is 1.55 bits per heavy atom. The molecule has 0 radical (unpaired) electrons. The van der Waals surface area contributed by atoms with E-state index in [1.807, 2.05) is 48.5 Å². The Labute approximate surface area is 129 Å². The molecule has 6 heteroatoms. The van der Waals surface area contributed by atoms with Gasteiger partial charge in [-0.1, -0.05) is 65.9 Å². The molecule has 3 rings (SSSR count). The lowest BCUT2D eigenvalue weighted by atomic mass is 10.2. The van der Waals surface area contributed by atoms with Crippen LogP contribution in [0, 0.1) is 0 Å². The van der Waals surface area contributed by atoms with Gasteiger partial charge >= 0.3 is 0 Å². The van der Waals surface area contributed by atoms with Gasteiger partial charge in [0.15, 0.2) is 9.84 Å². The van der Waals surface area contributed by atoms with Crippen LogP contribution in [0.2, 0.25) is 0 Å². The third-order valence-corrected chi connectivity index (χ3v) is 4.60. The van der Waals surface area contributed by atoms with E-state index in [0.29, 0.717) is 5.69 Å². The van der Waals surface area contributed by atoms with E-state index in [-0.39, 0.29) is 11.6 Å². The van der Waals surface area contributed by atoms with Gasteiger partial charge in [0.2, 0.25) is 0 Å². The van der Waals surface area contributed by atoms with Crippen molar-refractivity contribution in [3.63, 3.8) is 0 Å². The molecule has 2 aromatic carbocycles. The van der Waals surface area contributed by atoms with Crippen molar-refractivity contribution in [3.8, 4) is 11.3 Å². The second-order valence-corrected chi connectivity index (χ2v) is 7.05. The normalized spacial score (nSPS) is 11.5. The Kier molecular flexibility index (Phi) is 4.02. The molecule has 0 fully saturated rings. The molecule has 0 unspecified atom stereocenters. The molecular weight excluding hydrogens is 298 g/mol. The lowest BCUT2D eigenvalue weighted by Gasteiger charge is -2.04. The van der Waals surface area contributed by atoms with Gasteiger partial charge in [-0.2, -0.15) is 0 Å². The van der Waals surface area contributed by atoms with Crippen LogP contribution in [0.25, 0.3) is 11.3 Å². The summed E-state index contributed by atoms with van der Waals surface area (Å²) >= 11 is 0. The lowest BCUT2D eigenvalue weighted by Crippen LogP contribution is -2.13. The van der Waals surface area contributed by atoms with Gasteiger partial charge in [0, 0.05) is 5.56 Å². The fourth-order valence-corrected chi connectivity index (χ4v) is 3.50. The van der Waals surface area contributed by atoms with Gasteiger partial charge in [-0.25, -0.2) is 13.1 Å². The molecule has 0 aliphatic carbocycles. The maximum atomic E-state index is 12.2. The minimum Gasteiger partial charge on any atom is -0.237 e. The van der Waals surface area contributed by atoms with Crippen LogP contribution in [0.4, 0.5) is 0 Å². The van der Waals surface area contributed by atoms with E-state index in [4.69, 9.17) is 0 Å². The molecule has 0 saturated carbocycles. The molecule has 0 saturated heterocycles. The highest BCUT2D eigenvalue weighted by Crippen LogP contribution is 2.15. The lowest BCUT2D eigenvalue weighted by molar-refractivity contribution is 0.570. The van der Waals surface area contributed by atoms with Crippen LogP contribution >= 0.6 is 0 Å². The van der Waals surface area contributed by atoms with E-state index >= 15 is 0 Å². The van der Waals surface area contributed by atoms with E-state index in [9.17, 15) is 8.42 Å². The molecule has 0 bridgehead atoms. The van der Waals surface area contributed by atoms with Crippen LogP contribution in [0.15, 0.2) is 66.9 Å². The minimum absolute atomic E-state index is 0.00559. The van der Waals surface area contributed by atoms with E-state index in [2.05, 4.69) is 10.3 Å². The highest BCUT2D eigenvalue weighted by molar-refractivity contribution is 7.89. The third kappa shape index (κ3) is 3.59. The number of hydrogen-bond acceptors (Lipinski definition) is 4. The van der Waals surface area contributed by atoms with Gasteiger partial charge in [0.05, 0.1) is 11.9 Å². The van der Waals surface area contributed by atoms with Crippen LogP contribution in [0.3, 0.4) is 0 Å². The largest absolute Gasteiger partial charge is 0.237 e. The molecule has 0 amide bonds. The summed E-state index contributed by atoms with van der Waals surface area (Å²) in [7, 11) is -3.30. The van der Waals surface area contributed by atoms with Crippen molar-refractivity contribution in [2.24, 2.45) is 0 Å². The first-order valence-electron chi connectivity index (χ1n) is 6.82. The fourth-order valence-electron chi connectivity index (χ4n) is 2.18. The van der Waals surface area contributed by atoms with Crippen LogP contribution in [-0.2, 0) is 21.5 Å². The highest BCUT2D eigenvalue weighted by Gasteiger charge is 2.14. The Morgan fingerprint density at radius 3 is 2.23 bits per heavy atom. The molecule has 0 aliphatic heterocycles. The molecular formula is C16H15N3O2S. The van der Waals surface area contributed by atoms with E-state index in [1.54, 1.807) is 18.3 Å². The topological polar surface area (TPSA) is 64.8 Å². The Morgan fingerprint density at radius 1 is 0.909 bits per heavy atom. The molecule has 22 heavy (non-hydrogen) atoms. The van der Waals surface area contributed by atoms with Gasteiger partial charge < -0.3 is 0 Å². The van der Waals surface area contributed by atoms with Crippen LogP contribution in [0.5, 0.6) is 0 Å². The van der Waals surface area contributed by atoms with Crippen LogP contribution in [0.1, 0.15) is 5.56 Å². The Balaban J connectivity index is 1.75. The summed E-state index contributed by atoms with van der Waals surface area (Å²) in [6.45, 7) is 0. The second kappa shape index (κ2) is 6.11. The molecule has 112 valence electrons. The number of rotatable bonds is 5. The second-order valence-electron chi connectivity index (χ2n) is 5.01. The summed E-state index contributed by atoms with van der Waals surface area (Å²) in [5, 5.41) is 7.93. The number of nitrogens with zero attached hydrogens (tertiary/aromatic N) is 3. The third-order valence-electron chi connectivity index (χ3n) is 3.17. The predicted octanol–water partition coefficient (Wildman–Crippen LogP) is 2.52. The molecule has 1 heterocycles. The van der Waals surface area contributed by atoms with E-state index in [0.717, 1.165) is 11.1 Å². The molecule has 0 atom stereocenters. The van der Waals surface area contributed by atoms with Gasteiger partial charge in [0.25, 0.3) is 0 Å². The Hall–Kier alpha value is -2.47. The van der Waals surface area contributed by atoms with Gasteiger partial charge in [-0.15, -0.1) is 5.10 Å². The average Bonchev–Trinajstić information content (AvgIpc) is 2.96. The zero-order valence-corrected chi connectivity index (χ0v) is 12.6. The molecule has 0 spiro atoms. The quantitative estimate of drug-likeness (QED) is 0.726. The van der Waals surface area contributed by atoms with Crippen LogP contribution < -0.4 is 0 Å².